The molecule has 0 radical (unpaired) electrons. The van der Waals surface area contributed by atoms with Crippen molar-refractivity contribution in [2.24, 2.45) is 5.92 Å². The van der Waals surface area contributed by atoms with E-state index < -0.39 is 0 Å². The van der Waals surface area contributed by atoms with Crippen molar-refractivity contribution >= 4 is 12.6 Å². The monoisotopic (exact) mass is 185 g/mol. The maximum absolute atomic E-state index is 4.32. The first-order valence-corrected chi connectivity index (χ1v) is 5.81. The Kier molecular flexibility index (Phi) is 2.66. The lowest BCUT2D eigenvalue weighted by atomic mass is 9.92. The Bertz CT molecular complexity index is 146. The topological polar surface area (TPSA) is 3.24 Å². The van der Waals surface area contributed by atoms with Crippen molar-refractivity contribution in [3.63, 3.8) is 0 Å². The molecule has 2 atom stereocenters. The fraction of sp³-hybridized carbons (Fsp3) is 1.00. The van der Waals surface area contributed by atoms with E-state index in [0.717, 1.165) is 23.8 Å². The number of nitrogens with zero attached hydrogens (tertiary/aromatic N) is 1. The summed E-state index contributed by atoms with van der Waals surface area (Å²) in [7, 11) is 0. The van der Waals surface area contributed by atoms with Gasteiger partial charge in [0.15, 0.2) is 0 Å². The molecule has 0 spiro atoms. The van der Waals surface area contributed by atoms with E-state index >= 15 is 0 Å². The van der Waals surface area contributed by atoms with E-state index in [1.807, 2.05) is 0 Å². The van der Waals surface area contributed by atoms with Gasteiger partial charge in [0, 0.05) is 24.4 Å². The van der Waals surface area contributed by atoms with Crippen molar-refractivity contribution in [2.45, 2.75) is 44.7 Å². The lowest BCUT2D eigenvalue weighted by Crippen LogP contribution is -2.43. The van der Waals surface area contributed by atoms with Crippen LogP contribution in [-0.2, 0) is 0 Å². The van der Waals surface area contributed by atoms with Crippen LogP contribution in [-0.4, -0.2) is 29.3 Å². The lowest BCUT2D eigenvalue weighted by molar-refractivity contribution is 0.118. The van der Waals surface area contributed by atoms with E-state index in [9.17, 15) is 0 Å². The van der Waals surface area contributed by atoms with Gasteiger partial charge in [-0.15, -0.1) is 0 Å². The van der Waals surface area contributed by atoms with Gasteiger partial charge in [-0.05, 0) is 31.6 Å². The Labute approximate surface area is 80.9 Å². The molecule has 0 aromatic rings. The molecule has 0 aromatic heterocycles. The minimum atomic E-state index is 0.908. The molecule has 2 fully saturated rings. The van der Waals surface area contributed by atoms with Gasteiger partial charge in [0.05, 0.1) is 0 Å². The Morgan fingerprint density at radius 3 is 2.33 bits per heavy atom. The summed E-state index contributed by atoms with van der Waals surface area (Å²) in [6.45, 7) is 3.62. The number of piperidine rings is 1. The first kappa shape index (κ1) is 8.89. The zero-order chi connectivity index (χ0) is 8.55. The summed E-state index contributed by atoms with van der Waals surface area (Å²) < 4.78 is 0. The van der Waals surface area contributed by atoms with Gasteiger partial charge < -0.3 is 0 Å². The average molecular weight is 185 g/mol. The second-order valence-electron chi connectivity index (χ2n) is 4.42. The second-order valence-corrected chi connectivity index (χ2v) is 4.87. The number of hydrogen-bond acceptors (Lipinski definition) is 2. The zero-order valence-electron chi connectivity index (χ0n) is 7.87. The van der Waals surface area contributed by atoms with Crippen LogP contribution in [0.1, 0.15) is 32.6 Å². The highest BCUT2D eigenvalue weighted by Gasteiger charge is 2.38. The second kappa shape index (κ2) is 3.59. The zero-order valence-corrected chi connectivity index (χ0v) is 8.76. The number of fused-ring (bicyclic) bond motifs is 2. The summed E-state index contributed by atoms with van der Waals surface area (Å²) in [4.78, 5) is 2.70. The van der Waals surface area contributed by atoms with Crippen molar-refractivity contribution in [3.05, 3.63) is 0 Å². The molecule has 2 rings (SSSR count). The molecular weight excluding hydrogens is 166 g/mol. The van der Waals surface area contributed by atoms with E-state index in [1.165, 1.54) is 32.2 Å². The summed E-state index contributed by atoms with van der Waals surface area (Å²) in [6, 6.07) is 1.82. The Morgan fingerprint density at radius 1 is 1.25 bits per heavy atom. The average Bonchev–Trinajstić information content (AvgIpc) is 2.32. The summed E-state index contributed by atoms with van der Waals surface area (Å²) in [5.41, 5.74) is 0. The highest BCUT2D eigenvalue weighted by Crippen LogP contribution is 2.37. The van der Waals surface area contributed by atoms with Gasteiger partial charge >= 0.3 is 0 Å². The fourth-order valence-electron chi connectivity index (χ4n) is 3.03. The molecule has 2 aliphatic rings. The van der Waals surface area contributed by atoms with Crippen molar-refractivity contribution in [1.82, 2.24) is 4.90 Å². The fourth-order valence-corrected chi connectivity index (χ4v) is 3.26. The van der Waals surface area contributed by atoms with Crippen LogP contribution in [0.15, 0.2) is 0 Å². The van der Waals surface area contributed by atoms with E-state index in [4.69, 9.17) is 0 Å². The highest BCUT2D eigenvalue weighted by atomic mass is 32.1. The third-order valence-corrected chi connectivity index (χ3v) is 3.68. The summed E-state index contributed by atoms with van der Waals surface area (Å²) in [5, 5.41) is 0. The first-order valence-electron chi connectivity index (χ1n) is 5.18. The SMILES string of the molecule is CC1CC2CCC(C1)N2CCS. The van der Waals surface area contributed by atoms with Gasteiger partial charge in [-0.2, -0.15) is 12.6 Å². The van der Waals surface area contributed by atoms with Crippen molar-refractivity contribution in [3.8, 4) is 0 Å². The number of hydrogen-bond donors (Lipinski definition) is 1. The van der Waals surface area contributed by atoms with Crippen molar-refractivity contribution < 1.29 is 0 Å². The van der Waals surface area contributed by atoms with Crippen LogP contribution in [0.5, 0.6) is 0 Å². The van der Waals surface area contributed by atoms with E-state index in [-0.39, 0.29) is 0 Å². The molecule has 70 valence electrons. The predicted molar refractivity (Wildman–Crippen MR) is 55.8 cm³/mol. The summed E-state index contributed by atoms with van der Waals surface area (Å²) in [5.74, 6) is 2.00. The maximum atomic E-state index is 4.32. The molecule has 0 N–H and O–H groups in total. The van der Waals surface area contributed by atoms with Gasteiger partial charge in [-0.25, -0.2) is 0 Å². The molecule has 2 saturated heterocycles. The van der Waals surface area contributed by atoms with Gasteiger partial charge in [-0.3, -0.25) is 4.90 Å². The largest absolute Gasteiger partial charge is 0.297 e. The van der Waals surface area contributed by atoms with Crippen LogP contribution in [0.4, 0.5) is 0 Å². The molecule has 0 aliphatic carbocycles. The molecule has 0 amide bonds. The molecule has 0 aromatic carbocycles. The Morgan fingerprint density at radius 2 is 1.83 bits per heavy atom. The highest BCUT2D eigenvalue weighted by molar-refractivity contribution is 7.80. The molecule has 2 heterocycles. The summed E-state index contributed by atoms with van der Waals surface area (Å²) in [6.07, 6.45) is 5.76. The van der Waals surface area contributed by atoms with Crippen LogP contribution in [0.3, 0.4) is 0 Å². The standard InChI is InChI=1S/C10H19NS/c1-8-6-9-2-3-10(7-8)11(9)4-5-12/h8-10,12H,2-7H2,1H3. The van der Waals surface area contributed by atoms with Crippen LogP contribution < -0.4 is 0 Å². The first-order chi connectivity index (χ1) is 5.81. The van der Waals surface area contributed by atoms with Crippen LogP contribution in [0.25, 0.3) is 0 Å². The smallest absolute Gasteiger partial charge is 0.0102 e. The third kappa shape index (κ3) is 1.51. The van der Waals surface area contributed by atoms with E-state index in [2.05, 4.69) is 24.5 Å². The van der Waals surface area contributed by atoms with Gasteiger partial charge in [-0.1, -0.05) is 6.92 Å². The Balaban J connectivity index is 1.99. The van der Waals surface area contributed by atoms with Crippen LogP contribution >= 0.6 is 12.6 Å². The van der Waals surface area contributed by atoms with E-state index in [1.54, 1.807) is 0 Å². The molecule has 2 bridgehead atoms. The van der Waals surface area contributed by atoms with Gasteiger partial charge in [0.2, 0.25) is 0 Å². The quantitative estimate of drug-likeness (QED) is 0.645. The molecule has 12 heavy (non-hydrogen) atoms. The van der Waals surface area contributed by atoms with Crippen molar-refractivity contribution in [2.75, 3.05) is 12.3 Å². The summed E-state index contributed by atoms with van der Waals surface area (Å²) >= 11 is 4.32. The maximum Gasteiger partial charge on any atom is 0.0102 e. The molecule has 2 unspecified atom stereocenters. The molecule has 2 heteroatoms. The molecule has 1 nitrogen and oxygen atoms in total. The minimum absolute atomic E-state index is 0.908. The number of rotatable bonds is 2. The number of thiol groups is 1. The molecular formula is C10H19NS. The van der Waals surface area contributed by atoms with Crippen LogP contribution in [0, 0.1) is 5.92 Å². The molecule has 2 aliphatic heterocycles. The van der Waals surface area contributed by atoms with Gasteiger partial charge in [0.1, 0.15) is 0 Å². The van der Waals surface area contributed by atoms with Crippen LogP contribution in [0.2, 0.25) is 0 Å². The predicted octanol–water partition coefficient (Wildman–Crippen LogP) is 2.18. The van der Waals surface area contributed by atoms with Crippen molar-refractivity contribution in [1.29, 1.82) is 0 Å². The normalized spacial score (nSPS) is 42.0. The lowest BCUT2D eigenvalue weighted by Gasteiger charge is -2.37. The Hall–Kier alpha value is 0.310. The minimum Gasteiger partial charge on any atom is -0.297 e. The molecule has 0 saturated carbocycles. The third-order valence-electron chi connectivity index (χ3n) is 3.48. The van der Waals surface area contributed by atoms with E-state index in [0.29, 0.717) is 0 Å². The van der Waals surface area contributed by atoms with Gasteiger partial charge in [0.25, 0.3) is 0 Å².